The molecule has 1 atom stereocenters. The smallest absolute Gasteiger partial charge is 0.209 e. The first-order valence-corrected chi connectivity index (χ1v) is 6.01. The monoisotopic (exact) mass is 208 g/mol. The molecule has 0 aliphatic carbocycles. The standard InChI is InChI=1S/C7H16N2O3S/c1-13(11,12)9-7(6-10)4-2-3-5-8/h6-7,9H,2-5,8H2,1H3/t7-/m0/s1. The second-order valence-corrected chi connectivity index (χ2v) is 4.70. The van der Waals surface area contributed by atoms with Crippen molar-refractivity contribution in [1.29, 1.82) is 0 Å². The highest BCUT2D eigenvalue weighted by molar-refractivity contribution is 7.88. The summed E-state index contributed by atoms with van der Waals surface area (Å²) in [5.41, 5.74) is 5.26. The number of nitrogens with two attached hydrogens (primary N) is 1. The van der Waals surface area contributed by atoms with Gasteiger partial charge in [-0.05, 0) is 19.4 Å². The lowest BCUT2D eigenvalue weighted by atomic mass is 10.1. The van der Waals surface area contributed by atoms with Gasteiger partial charge in [0.15, 0.2) is 0 Å². The second-order valence-electron chi connectivity index (χ2n) is 2.92. The van der Waals surface area contributed by atoms with Crippen molar-refractivity contribution in [3.63, 3.8) is 0 Å². The summed E-state index contributed by atoms with van der Waals surface area (Å²) in [6.07, 6.45) is 3.70. The number of aldehydes is 1. The molecule has 6 heteroatoms. The minimum atomic E-state index is -3.29. The average molecular weight is 208 g/mol. The molecule has 13 heavy (non-hydrogen) atoms. The minimum absolute atomic E-state index is 0.508. The Morgan fingerprint density at radius 1 is 1.46 bits per heavy atom. The van der Waals surface area contributed by atoms with Gasteiger partial charge in [0.05, 0.1) is 12.3 Å². The van der Waals surface area contributed by atoms with Gasteiger partial charge in [0.25, 0.3) is 0 Å². The Bertz CT molecular complexity index is 238. The molecular weight excluding hydrogens is 192 g/mol. The molecule has 0 saturated carbocycles. The number of carbonyl (C=O) groups is 1. The summed E-state index contributed by atoms with van der Waals surface area (Å²) in [6.45, 7) is 0.560. The van der Waals surface area contributed by atoms with E-state index in [9.17, 15) is 13.2 Å². The molecule has 5 nitrogen and oxygen atoms in total. The Kier molecular flexibility index (Phi) is 5.85. The first-order valence-electron chi connectivity index (χ1n) is 4.12. The van der Waals surface area contributed by atoms with Gasteiger partial charge in [-0.15, -0.1) is 0 Å². The Labute approximate surface area is 78.7 Å². The maximum atomic E-state index is 10.7. The van der Waals surface area contributed by atoms with Crippen molar-refractivity contribution in [2.45, 2.75) is 25.3 Å². The maximum Gasteiger partial charge on any atom is 0.209 e. The number of hydrogen-bond acceptors (Lipinski definition) is 4. The lowest BCUT2D eigenvalue weighted by molar-refractivity contribution is -0.109. The average Bonchev–Trinajstić information content (AvgIpc) is 2.01. The molecule has 0 aromatic rings. The number of nitrogens with one attached hydrogen (secondary N) is 1. The highest BCUT2D eigenvalue weighted by atomic mass is 32.2. The number of rotatable bonds is 7. The van der Waals surface area contributed by atoms with Gasteiger partial charge >= 0.3 is 0 Å². The number of sulfonamides is 1. The van der Waals surface area contributed by atoms with Crippen LogP contribution in [0.1, 0.15) is 19.3 Å². The molecule has 0 aliphatic heterocycles. The van der Waals surface area contributed by atoms with Crippen LogP contribution >= 0.6 is 0 Å². The van der Waals surface area contributed by atoms with Crippen LogP contribution in [0, 0.1) is 0 Å². The molecule has 0 spiro atoms. The van der Waals surface area contributed by atoms with E-state index in [0.29, 0.717) is 19.3 Å². The fraction of sp³-hybridized carbons (Fsp3) is 0.857. The van der Waals surface area contributed by atoms with Crippen LogP contribution < -0.4 is 10.5 Å². The number of unbranched alkanes of at least 4 members (excludes halogenated alkanes) is 1. The highest BCUT2D eigenvalue weighted by Gasteiger charge is 2.11. The lowest BCUT2D eigenvalue weighted by Gasteiger charge is -2.09. The maximum absolute atomic E-state index is 10.7. The van der Waals surface area contributed by atoms with Gasteiger partial charge in [0.1, 0.15) is 6.29 Å². The van der Waals surface area contributed by atoms with E-state index in [1.807, 2.05) is 0 Å². The summed E-state index contributed by atoms with van der Waals surface area (Å²) in [5, 5.41) is 0. The molecule has 0 saturated heterocycles. The van der Waals surface area contributed by atoms with Crippen molar-refractivity contribution in [1.82, 2.24) is 4.72 Å². The van der Waals surface area contributed by atoms with E-state index in [4.69, 9.17) is 5.73 Å². The lowest BCUT2D eigenvalue weighted by Crippen LogP contribution is -2.35. The normalized spacial score (nSPS) is 14.0. The SMILES string of the molecule is CS(=O)(=O)N[C@H](C=O)CCCCN. The van der Waals surface area contributed by atoms with E-state index in [2.05, 4.69) is 4.72 Å². The van der Waals surface area contributed by atoms with Gasteiger partial charge in [-0.1, -0.05) is 6.42 Å². The molecular formula is C7H16N2O3S. The third-order valence-corrected chi connectivity index (χ3v) is 2.23. The van der Waals surface area contributed by atoms with Gasteiger partial charge in [-0.25, -0.2) is 13.1 Å². The summed E-state index contributed by atoms with van der Waals surface area (Å²) in [4.78, 5) is 10.4. The van der Waals surface area contributed by atoms with Crippen LogP contribution in [0.2, 0.25) is 0 Å². The van der Waals surface area contributed by atoms with Gasteiger partial charge < -0.3 is 10.5 Å². The Hall–Kier alpha value is -0.460. The summed E-state index contributed by atoms with van der Waals surface area (Å²) in [6, 6.07) is -0.610. The molecule has 0 bridgehead atoms. The van der Waals surface area contributed by atoms with E-state index in [0.717, 1.165) is 19.1 Å². The van der Waals surface area contributed by atoms with Gasteiger partial charge in [0, 0.05) is 0 Å². The zero-order valence-corrected chi connectivity index (χ0v) is 8.51. The molecule has 78 valence electrons. The predicted molar refractivity (Wildman–Crippen MR) is 50.7 cm³/mol. The van der Waals surface area contributed by atoms with Crippen molar-refractivity contribution in [2.75, 3.05) is 12.8 Å². The minimum Gasteiger partial charge on any atom is -0.330 e. The zero-order valence-electron chi connectivity index (χ0n) is 7.69. The van der Waals surface area contributed by atoms with E-state index < -0.39 is 16.1 Å². The second kappa shape index (κ2) is 6.06. The summed E-state index contributed by atoms with van der Waals surface area (Å²) in [5.74, 6) is 0. The fourth-order valence-corrected chi connectivity index (χ4v) is 1.66. The van der Waals surface area contributed by atoms with Crippen molar-refractivity contribution in [2.24, 2.45) is 5.73 Å². The van der Waals surface area contributed by atoms with Crippen molar-refractivity contribution >= 4 is 16.3 Å². The van der Waals surface area contributed by atoms with E-state index in [1.54, 1.807) is 0 Å². The Morgan fingerprint density at radius 3 is 2.46 bits per heavy atom. The summed E-state index contributed by atoms with van der Waals surface area (Å²) < 4.78 is 23.7. The van der Waals surface area contributed by atoms with Crippen LogP contribution in [-0.4, -0.2) is 33.5 Å². The molecule has 0 amide bonds. The molecule has 3 N–H and O–H groups in total. The number of carbonyl (C=O) groups excluding carboxylic acids is 1. The topological polar surface area (TPSA) is 89.3 Å². The fourth-order valence-electron chi connectivity index (χ4n) is 0.938. The van der Waals surface area contributed by atoms with Crippen LogP contribution in [0.4, 0.5) is 0 Å². The highest BCUT2D eigenvalue weighted by Crippen LogP contribution is 1.98. The molecule has 0 rings (SSSR count). The van der Waals surface area contributed by atoms with Crippen molar-refractivity contribution < 1.29 is 13.2 Å². The quantitative estimate of drug-likeness (QED) is 0.425. The molecule has 0 aromatic heterocycles. The first-order chi connectivity index (χ1) is 5.99. The molecule has 0 aliphatic rings. The van der Waals surface area contributed by atoms with Crippen molar-refractivity contribution in [3.05, 3.63) is 0 Å². The van der Waals surface area contributed by atoms with Gasteiger partial charge in [0.2, 0.25) is 10.0 Å². The zero-order chi connectivity index (χ0) is 10.3. The van der Waals surface area contributed by atoms with Gasteiger partial charge in [-0.2, -0.15) is 0 Å². The Morgan fingerprint density at radius 2 is 2.08 bits per heavy atom. The molecule has 0 fully saturated rings. The number of hydrogen-bond donors (Lipinski definition) is 2. The van der Waals surface area contributed by atoms with E-state index in [-0.39, 0.29) is 0 Å². The predicted octanol–water partition coefficient (Wildman–Crippen LogP) is -0.768. The van der Waals surface area contributed by atoms with Crippen LogP contribution in [-0.2, 0) is 14.8 Å². The Balaban J connectivity index is 3.84. The van der Waals surface area contributed by atoms with Gasteiger partial charge in [-0.3, -0.25) is 0 Å². The van der Waals surface area contributed by atoms with E-state index >= 15 is 0 Å². The first kappa shape index (κ1) is 12.5. The van der Waals surface area contributed by atoms with E-state index in [1.165, 1.54) is 0 Å². The third-order valence-electron chi connectivity index (χ3n) is 1.50. The summed E-state index contributed by atoms with van der Waals surface area (Å²) in [7, 11) is -3.29. The summed E-state index contributed by atoms with van der Waals surface area (Å²) >= 11 is 0. The largest absolute Gasteiger partial charge is 0.330 e. The van der Waals surface area contributed by atoms with Crippen LogP contribution in [0.3, 0.4) is 0 Å². The molecule has 0 aromatic carbocycles. The van der Waals surface area contributed by atoms with Crippen LogP contribution in [0.15, 0.2) is 0 Å². The molecule has 0 unspecified atom stereocenters. The molecule has 0 heterocycles. The third kappa shape index (κ3) is 7.89. The van der Waals surface area contributed by atoms with Crippen LogP contribution in [0.25, 0.3) is 0 Å². The van der Waals surface area contributed by atoms with Crippen molar-refractivity contribution in [3.8, 4) is 0 Å². The van der Waals surface area contributed by atoms with Crippen LogP contribution in [0.5, 0.6) is 0 Å². The molecule has 0 radical (unpaired) electrons.